The van der Waals surface area contributed by atoms with E-state index in [4.69, 9.17) is 16.0 Å². The Hall–Kier alpha value is -0.470. The molecular weight excluding hydrogens is 222 g/mol. The second kappa shape index (κ2) is 6.97. The van der Waals surface area contributed by atoms with Gasteiger partial charge in [-0.15, -0.1) is 0 Å². The van der Waals surface area contributed by atoms with Crippen LogP contribution in [0.3, 0.4) is 0 Å². The van der Waals surface area contributed by atoms with Gasteiger partial charge >= 0.3 is 0 Å². The SMILES string of the molecule is CCCC(C)CC(NCC)c1ccc(Cl)o1. The predicted octanol–water partition coefficient (Wildman–Crippen LogP) is 4.41. The third-order valence-electron chi connectivity index (χ3n) is 2.81. The second-order valence-corrected chi connectivity index (χ2v) is 4.75. The van der Waals surface area contributed by atoms with E-state index in [1.54, 1.807) is 0 Å². The molecule has 2 atom stereocenters. The highest BCUT2D eigenvalue weighted by Gasteiger charge is 2.17. The lowest BCUT2D eigenvalue weighted by Gasteiger charge is -2.19. The third-order valence-corrected chi connectivity index (χ3v) is 3.01. The quantitative estimate of drug-likeness (QED) is 0.768. The van der Waals surface area contributed by atoms with Crippen molar-refractivity contribution in [1.29, 1.82) is 0 Å². The maximum absolute atomic E-state index is 5.81. The van der Waals surface area contributed by atoms with Gasteiger partial charge in [-0.2, -0.15) is 0 Å². The van der Waals surface area contributed by atoms with Crippen molar-refractivity contribution in [2.45, 2.75) is 46.1 Å². The zero-order valence-electron chi connectivity index (χ0n) is 10.4. The van der Waals surface area contributed by atoms with Gasteiger partial charge in [0.1, 0.15) is 5.76 Å². The lowest BCUT2D eigenvalue weighted by Crippen LogP contribution is -2.22. The Morgan fingerprint density at radius 3 is 2.62 bits per heavy atom. The summed E-state index contributed by atoms with van der Waals surface area (Å²) in [6.07, 6.45) is 3.60. The van der Waals surface area contributed by atoms with E-state index in [9.17, 15) is 0 Å². The van der Waals surface area contributed by atoms with Crippen LogP contribution in [0.4, 0.5) is 0 Å². The summed E-state index contributed by atoms with van der Waals surface area (Å²) in [6, 6.07) is 4.07. The average molecular weight is 244 g/mol. The van der Waals surface area contributed by atoms with Gasteiger partial charge < -0.3 is 9.73 Å². The van der Waals surface area contributed by atoms with Crippen LogP contribution in [0.1, 0.15) is 51.8 Å². The van der Waals surface area contributed by atoms with Gasteiger partial charge in [-0.25, -0.2) is 0 Å². The van der Waals surface area contributed by atoms with Crippen LogP contribution < -0.4 is 5.32 Å². The summed E-state index contributed by atoms with van der Waals surface area (Å²) < 4.78 is 5.48. The van der Waals surface area contributed by atoms with Gasteiger partial charge in [-0.05, 0) is 42.6 Å². The fourth-order valence-electron chi connectivity index (χ4n) is 2.08. The molecule has 0 aliphatic carbocycles. The van der Waals surface area contributed by atoms with Crippen LogP contribution in [0, 0.1) is 5.92 Å². The number of hydrogen-bond acceptors (Lipinski definition) is 2. The summed E-state index contributed by atoms with van der Waals surface area (Å²) in [5.74, 6) is 1.66. The first-order valence-electron chi connectivity index (χ1n) is 6.16. The molecule has 0 radical (unpaired) electrons. The summed E-state index contributed by atoms with van der Waals surface area (Å²) in [4.78, 5) is 0. The van der Waals surface area contributed by atoms with Gasteiger partial charge in [0.2, 0.25) is 0 Å². The molecule has 92 valence electrons. The van der Waals surface area contributed by atoms with Crippen molar-refractivity contribution in [3.63, 3.8) is 0 Å². The standard InChI is InChI=1S/C13H22ClNO/c1-4-6-10(3)9-11(15-5-2)12-7-8-13(14)16-12/h7-8,10-11,15H,4-6,9H2,1-3H3. The van der Waals surface area contributed by atoms with Crippen molar-refractivity contribution in [3.8, 4) is 0 Å². The number of nitrogens with one attached hydrogen (secondary N) is 1. The van der Waals surface area contributed by atoms with Gasteiger partial charge in [0.25, 0.3) is 0 Å². The van der Waals surface area contributed by atoms with Crippen molar-refractivity contribution in [2.75, 3.05) is 6.54 Å². The second-order valence-electron chi connectivity index (χ2n) is 4.38. The van der Waals surface area contributed by atoms with Crippen LogP contribution in [-0.4, -0.2) is 6.54 Å². The molecule has 0 aliphatic rings. The van der Waals surface area contributed by atoms with Crippen molar-refractivity contribution >= 4 is 11.6 Å². The molecule has 0 saturated carbocycles. The molecular formula is C13H22ClNO. The summed E-state index contributed by atoms with van der Waals surface area (Å²) in [6.45, 7) is 7.57. The molecule has 1 rings (SSSR count). The Labute approximate surface area is 103 Å². The molecule has 0 amide bonds. The number of halogens is 1. The Kier molecular flexibility index (Phi) is 5.93. The van der Waals surface area contributed by atoms with E-state index in [-0.39, 0.29) is 0 Å². The molecule has 2 unspecified atom stereocenters. The summed E-state index contributed by atoms with van der Waals surface area (Å²) in [5, 5.41) is 3.92. The molecule has 2 nitrogen and oxygen atoms in total. The molecule has 1 heterocycles. The highest BCUT2D eigenvalue weighted by molar-refractivity contribution is 6.28. The average Bonchev–Trinajstić information content (AvgIpc) is 2.64. The largest absolute Gasteiger partial charge is 0.448 e. The maximum Gasteiger partial charge on any atom is 0.193 e. The fourth-order valence-corrected chi connectivity index (χ4v) is 2.23. The smallest absolute Gasteiger partial charge is 0.193 e. The third kappa shape index (κ3) is 4.18. The Bertz CT molecular complexity index is 298. The van der Waals surface area contributed by atoms with Gasteiger partial charge in [-0.3, -0.25) is 0 Å². The van der Waals surface area contributed by atoms with Crippen LogP contribution in [0.15, 0.2) is 16.5 Å². The molecule has 0 aromatic carbocycles. The van der Waals surface area contributed by atoms with Crippen LogP contribution in [0.5, 0.6) is 0 Å². The lowest BCUT2D eigenvalue weighted by atomic mass is 9.96. The number of hydrogen-bond donors (Lipinski definition) is 1. The van der Waals surface area contributed by atoms with Crippen LogP contribution in [0.2, 0.25) is 5.22 Å². The first-order chi connectivity index (χ1) is 7.67. The highest BCUT2D eigenvalue weighted by Crippen LogP contribution is 2.26. The minimum absolute atomic E-state index is 0.291. The van der Waals surface area contributed by atoms with Crippen molar-refractivity contribution in [2.24, 2.45) is 5.92 Å². The molecule has 1 aromatic heterocycles. The molecule has 0 aliphatic heterocycles. The van der Waals surface area contributed by atoms with Gasteiger partial charge in [0.05, 0.1) is 6.04 Å². The first kappa shape index (κ1) is 13.6. The lowest BCUT2D eigenvalue weighted by molar-refractivity contribution is 0.345. The zero-order valence-corrected chi connectivity index (χ0v) is 11.2. The summed E-state index contributed by atoms with van der Waals surface area (Å²) in [7, 11) is 0. The Morgan fingerprint density at radius 2 is 2.12 bits per heavy atom. The number of furan rings is 1. The van der Waals surface area contributed by atoms with Crippen molar-refractivity contribution < 1.29 is 4.42 Å². The van der Waals surface area contributed by atoms with Crippen LogP contribution >= 0.6 is 11.6 Å². The monoisotopic (exact) mass is 243 g/mol. The molecule has 0 spiro atoms. The van der Waals surface area contributed by atoms with E-state index < -0.39 is 0 Å². The molecule has 0 fully saturated rings. The minimum Gasteiger partial charge on any atom is -0.448 e. The van der Waals surface area contributed by atoms with Gasteiger partial charge in [0.15, 0.2) is 5.22 Å². The summed E-state index contributed by atoms with van der Waals surface area (Å²) in [5.41, 5.74) is 0. The van der Waals surface area contributed by atoms with Crippen LogP contribution in [0.25, 0.3) is 0 Å². The van der Waals surface area contributed by atoms with E-state index >= 15 is 0 Å². The Morgan fingerprint density at radius 1 is 1.38 bits per heavy atom. The van der Waals surface area contributed by atoms with E-state index in [0.29, 0.717) is 17.2 Å². The van der Waals surface area contributed by atoms with E-state index in [1.807, 2.05) is 12.1 Å². The van der Waals surface area contributed by atoms with Gasteiger partial charge in [-0.1, -0.05) is 33.6 Å². The molecule has 1 aromatic rings. The minimum atomic E-state index is 0.291. The fraction of sp³-hybridized carbons (Fsp3) is 0.692. The first-order valence-corrected chi connectivity index (χ1v) is 6.53. The number of rotatable bonds is 7. The molecule has 1 N–H and O–H groups in total. The Balaban J connectivity index is 2.60. The molecule has 3 heteroatoms. The highest BCUT2D eigenvalue weighted by atomic mass is 35.5. The molecule has 0 saturated heterocycles. The van der Waals surface area contributed by atoms with E-state index in [1.165, 1.54) is 12.8 Å². The van der Waals surface area contributed by atoms with Crippen molar-refractivity contribution in [3.05, 3.63) is 23.1 Å². The predicted molar refractivity (Wildman–Crippen MR) is 68.8 cm³/mol. The maximum atomic E-state index is 5.81. The van der Waals surface area contributed by atoms with Gasteiger partial charge in [0, 0.05) is 0 Å². The summed E-state index contributed by atoms with van der Waals surface area (Å²) >= 11 is 5.81. The van der Waals surface area contributed by atoms with Crippen molar-refractivity contribution in [1.82, 2.24) is 5.32 Å². The van der Waals surface area contributed by atoms with E-state index in [0.717, 1.165) is 18.7 Å². The molecule has 16 heavy (non-hydrogen) atoms. The van der Waals surface area contributed by atoms with Crippen LogP contribution in [-0.2, 0) is 0 Å². The topological polar surface area (TPSA) is 25.2 Å². The normalized spacial score (nSPS) is 15.0. The zero-order chi connectivity index (χ0) is 12.0. The molecule has 0 bridgehead atoms. The van der Waals surface area contributed by atoms with E-state index in [2.05, 4.69) is 26.1 Å².